The number of ether oxygens (including phenoxy) is 1. The Morgan fingerprint density at radius 1 is 1.00 bits per heavy atom. The first-order valence-corrected chi connectivity index (χ1v) is 13.5. The van der Waals surface area contributed by atoms with Crippen LogP contribution in [0.25, 0.3) is 22.2 Å². The van der Waals surface area contributed by atoms with Crippen molar-refractivity contribution < 1.29 is 9.13 Å². The summed E-state index contributed by atoms with van der Waals surface area (Å²) in [6.45, 7) is 8.10. The fraction of sp³-hybridized carbons (Fsp3) is 0.345. The molecular formula is C29H33ClFN7O. The zero-order valence-corrected chi connectivity index (χ0v) is 23.0. The number of nitrogens with one attached hydrogen (secondary N) is 1. The molecule has 0 amide bonds. The number of fused-ring (bicyclic) bond motifs is 1. The Hall–Kier alpha value is -3.37. The van der Waals surface area contributed by atoms with E-state index in [4.69, 9.17) is 16.3 Å². The predicted molar refractivity (Wildman–Crippen MR) is 154 cm³/mol. The van der Waals surface area contributed by atoms with Crippen molar-refractivity contribution in [3.8, 4) is 17.0 Å². The number of hydrogen-bond donors (Lipinski definition) is 1. The van der Waals surface area contributed by atoms with E-state index in [1.807, 2.05) is 24.3 Å². The fourth-order valence-corrected chi connectivity index (χ4v) is 4.79. The van der Waals surface area contributed by atoms with E-state index in [1.165, 1.54) is 12.1 Å². The van der Waals surface area contributed by atoms with Gasteiger partial charge in [-0.15, -0.1) is 0 Å². The number of benzene rings is 2. The minimum atomic E-state index is -0.407. The molecule has 4 aromatic rings. The molecule has 1 aliphatic heterocycles. The van der Waals surface area contributed by atoms with Gasteiger partial charge in [-0.1, -0.05) is 11.6 Å². The van der Waals surface area contributed by atoms with Crippen molar-refractivity contribution >= 4 is 33.9 Å². The van der Waals surface area contributed by atoms with Crippen LogP contribution >= 0.6 is 11.6 Å². The number of aromatic nitrogens is 3. The average molecular weight is 550 g/mol. The van der Waals surface area contributed by atoms with E-state index < -0.39 is 5.82 Å². The SMILES string of the molecule is CN(C)CCN1CCN(CCOc2ccc3c(Nc4cnnc(-c5cc(Cl)ccc5F)c4)ccnc3c2)CC1. The van der Waals surface area contributed by atoms with Crippen LogP contribution in [0.2, 0.25) is 5.02 Å². The quantitative estimate of drug-likeness (QED) is 0.303. The minimum Gasteiger partial charge on any atom is -0.492 e. The van der Waals surface area contributed by atoms with Crippen molar-refractivity contribution in [3.05, 3.63) is 71.8 Å². The number of nitrogens with zero attached hydrogens (tertiary/aromatic N) is 6. The maximum atomic E-state index is 14.3. The van der Waals surface area contributed by atoms with Crippen LogP contribution in [0.3, 0.4) is 0 Å². The third-order valence-electron chi connectivity index (χ3n) is 6.86. The highest BCUT2D eigenvalue weighted by Crippen LogP contribution is 2.30. The highest BCUT2D eigenvalue weighted by molar-refractivity contribution is 6.30. The molecule has 0 aliphatic carbocycles. The van der Waals surface area contributed by atoms with Crippen LogP contribution in [0, 0.1) is 5.82 Å². The van der Waals surface area contributed by atoms with Crippen LogP contribution in [0.4, 0.5) is 15.8 Å². The van der Waals surface area contributed by atoms with Crippen LogP contribution in [-0.2, 0) is 0 Å². The molecule has 1 aliphatic rings. The van der Waals surface area contributed by atoms with E-state index in [0.29, 0.717) is 28.6 Å². The Morgan fingerprint density at radius 2 is 1.79 bits per heavy atom. The summed E-state index contributed by atoms with van der Waals surface area (Å²) in [4.78, 5) is 11.7. The lowest BCUT2D eigenvalue weighted by molar-refractivity contribution is 0.112. The highest BCUT2D eigenvalue weighted by Gasteiger charge is 2.16. The lowest BCUT2D eigenvalue weighted by Gasteiger charge is -2.35. The smallest absolute Gasteiger partial charge is 0.132 e. The summed E-state index contributed by atoms with van der Waals surface area (Å²) >= 11 is 6.06. The largest absolute Gasteiger partial charge is 0.492 e. The van der Waals surface area contributed by atoms with E-state index in [2.05, 4.69) is 49.3 Å². The molecule has 0 spiro atoms. The van der Waals surface area contributed by atoms with Gasteiger partial charge in [0.05, 0.1) is 23.1 Å². The predicted octanol–water partition coefficient (Wildman–Crippen LogP) is 4.79. The van der Waals surface area contributed by atoms with Gasteiger partial charge in [0.1, 0.15) is 18.2 Å². The van der Waals surface area contributed by atoms with Gasteiger partial charge in [-0.3, -0.25) is 14.8 Å². The van der Waals surface area contributed by atoms with Gasteiger partial charge in [-0.2, -0.15) is 10.2 Å². The summed E-state index contributed by atoms with van der Waals surface area (Å²) in [7, 11) is 4.24. The number of rotatable bonds is 10. The van der Waals surface area contributed by atoms with E-state index in [9.17, 15) is 4.39 Å². The highest BCUT2D eigenvalue weighted by atomic mass is 35.5. The monoisotopic (exact) mass is 549 g/mol. The van der Waals surface area contributed by atoms with Gasteiger partial charge in [-0.25, -0.2) is 4.39 Å². The lowest BCUT2D eigenvalue weighted by atomic mass is 10.1. The van der Waals surface area contributed by atoms with Crippen LogP contribution in [0.1, 0.15) is 0 Å². The van der Waals surface area contributed by atoms with Crippen LogP contribution in [0.5, 0.6) is 5.75 Å². The van der Waals surface area contributed by atoms with Crippen molar-refractivity contribution in [3.63, 3.8) is 0 Å². The molecule has 2 aromatic carbocycles. The molecule has 5 rings (SSSR count). The number of anilines is 2. The van der Waals surface area contributed by atoms with Gasteiger partial charge < -0.3 is 15.0 Å². The summed E-state index contributed by atoms with van der Waals surface area (Å²) in [5.74, 6) is 0.385. The second-order valence-corrected chi connectivity index (χ2v) is 10.4. The number of likely N-dealkylation sites (N-methyl/N-ethyl adjacent to an activating group) is 1. The van der Waals surface area contributed by atoms with Gasteiger partial charge in [0.2, 0.25) is 0 Å². The van der Waals surface area contributed by atoms with Gasteiger partial charge in [-0.05, 0) is 56.6 Å². The zero-order chi connectivity index (χ0) is 27.2. The summed E-state index contributed by atoms with van der Waals surface area (Å²) in [5, 5.41) is 12.9. The van der Waals surface area contributed by atoms with E-state index in [-0.39, 0.29) is 0 Å². The Labute approximate surface area is 233 Å². The van der Waals surface area contributed by atoms with Crippen molar-refractivity contribution in [2.75, 3.05) is 71.8 Å². The molecule has 1 N–H and O–H groups in total. The topological polar surface area (TPSA) is 69.7 Å². The van der Waals surface area contributed by atoms with E-state index in [0.717, 1.165) is 68.2 Å². The van der Waals surface area contributed by atoms with Crippen molar-refractivity contribution in [1.29, 1.82) is 0 Å². The molecule has 3 heterocycles. The Bertz CT molecular complexity index is 1410. The lowest BCUT2D eigenvalue weighted by Crippen LogP contribution is -2.48. The molecule has 2 aromatic heterocycles. The van der Waals surface area contributed by atoms with Gasteiger partial charge in [0, 0.05) is 79.7 Å². The first-order chi connectivity index (χ1) is 18.9. The molecule has 0 bridgehead atoms. The zero-order valence-electron chi connectivity index (χ0n) is 22.3. The Kier molecular flexibility index (Phi) is 8.83. The van der Waals surface area contributed by atoms with Crippen LogP contribution in [-0.4, -0.2) is 96.4 Å². The third-order valence-corrected chi connectivity index (χ3v) is 7.09. The van der Waals surface area contributed by atoms with Gasteiger partial charge >= 0.3 is 0 Å². The summed E-state index contributed by atoms with van der Waals surface area (Å²) in [6, 6.07) is 13.9. The number of hydrogen-bond acceptors (Lipinski definition) is 8. The Morgan fingerprint density at radius 3 is 2.59 bits per heavy atom. The number of pyridine rings is 1. The van der Waals surface area contributed by atoms with Crippen molar-refractivity contribution in [2.24, 2.45) is 0 Å². The molecule has 10 heteroatoms. The summed E-state index contributed by atoms with van der Waals surface area (Å²) < 4.78 is 20.4. The normalized spacial score (nSPS) is 14.7. The molecule has 0 radical (unpaired) electrons. The molecule has 1 fully saturated rings. The molecule has 0 atom stereocenters. The fourth-order valence-electron chi connectivity index (χ4n) is 4.61. The Balaban J connectivity index is 1.19. The maximum Gasteiger partial charge on any atom is 0.132 e. The van der Waals surface area contributed by atoms with Gasteiger partial charge in [0.15, 0.2) is 0 Å². The van der Waals surface area contributed by atoms with E-state index in [1.54, 1.807) is 24.5 Å². The second-order valence-electron chi connectivity index (χ2n) is 9.95. The standard InChI is InChI=1S/C29H33ClFN7O/c1-36(2)9-10-37-11-13-38(14-12-37)15-16-39-23-4-5-24-27(7-8-32-28(24)19-23)34-22-18-29(35-33-20-22)25-17-21(30)3-6-26(25)31/h3-8,17-20H,9-16H2,1-2H3,(H,32,34,35). The molecule has 0 unspecified atom stereocenters. The molecule has 0 saturated carbocycles. The molecule has 8 nitrogen and oxygen atoms in total. The molecular weight excluding hydrogens is 517 g/mol. The summed E-state index contributed by atoms with van der Waals surface area (Å²) in [6.07, 6.45) is 3.34. The summed E-state index contributed by atoms with van der Waals surface area (Å²) in [5.41, 5.74) is 3.03. The molecule has 204 valence electrons. The number of piperazine rings is 1. The third kappa shape index (κ3) is 7.19. The van der Waals surface area contributed by atoms with Crippen LogP contribution in [0.15, 0.2) is 60.9 Å². The molecule has 39 heavy (non-hydrogen) atoms. The van der Waals surface area contributed by atoms with Gasteiger partial charge in [0.25, 0.3) is 0 Å². The molecule has 1 saturated heterocycles. The second kappa shape index (κ2) is 12.7. The first-order valence-electron chi connectivity index (χ1n) is 13.1. The average Bonchev–Trinajstić information content (AvgIpc) is 2.94. The maximum absolute atomic E-state index is 14.3. The van der Waals surface area contributed by atoms with Crippen molar-refractivity contribution in [1.82, 2.24) is 29.9 Å². The number of halogens is 2. The van der Waals surface area contributed by atoms with Crippen molar-refractivity contribution in [2.45, 2.75) is 0 Å². The first kappa shape index (κ1) is 27.2. The van der Waals surface area contributed by atoms with E-state index >= 15 is 0 Å². The van der Waals surface area contributed by atoms with Crippen LogP contribution < -0.4 is 10.1 Å². The minimum absolute atomic E-state index is 0.297.